The van der Waals surface area contributed by atoms with Gasteiger partial charge in [0, 0.05) is 6.20 Å². The van der Waals surface area contributed by atoms with Gasteiger partial charge in [-0.05, 0) is 0 Å². The fourth-order valence-corrected chi connectivity index (χ4v) is 1.30. The number of fused-ring (bicyclic) bond motifs is 1. The number of furan rings is 1. The first-order valence-corrected chi connectivity index (χ1v) is 3.65. The summed E-state index contributed by atoms with van der Waals surface area (Å²) in [5.74, 6) is 0.180. The molecule has 0 unspecified atom stereocenters. The van der Waals surface area contributed by atoms with Crippen molar-refractivity contribution in [1.29, 1.82) is 0 Å². The molecule has 0 amide bonds. The van der Waals surface area contributed by atoms with E-state index in [0.717, 1.165) is 0 Å². The van der Waals surface area contributed by atoms with Crippen molar-refractivity contribution in [2.75, 3.05) is 11.5 Å². The van der Waals surface area contributed by atoms with Gasteiger partial charge < -0.3 is 15.9 Å². The Bertz CT molecular complexity index is 437. The van der Waals surface area contributed by atoms with Crippen LogP contribution in [0, 0.1) is 0 Å². The molecule has 0 aliphatic carbocycles. The molecule has 0 fully saturated rings. The summed E-state index contributed by atoms with van der Waals surface area (Å²) in [5, 5.41) is 1.08. The summed E-state index contributed by atoms with van der Waals surface area (Å²) in [7, 11) is 0. The monoisotopic (exact) mass is 183 g/mol. The maximum absolute atomic E-state index is 5.82. The van der Waals surface area contributed by atoms with E-state index >= 15 is 0 Å². The van der Waals surface area contributed by atoms with Gasteiger partial charge in [0.1, 0.15) is 5.69 Å². The molecular weight excluding hydrogens is 178 g/mol. The third-order valence-corrected chi connectivity index (χ3v) is 1.91. The zero-order chi connectivity index (χ0) is 8.72. The minimum Gasteiger partial charge on any atom is -0.437 e. The number of nitrogens with two attached hydrogens (primary N) is 2. The van der Waals surface area contributed by atoms with Crippen LogP contribution in [0.1, 0.15) is 0 Å². The molecule has 4 nitrogen and oxygen atoms in total. The van der Waals surface area contributed by atoms with Crippen LogP contribution in [0.4, 0.5) is 11.6 Å². The first kappa shape index (κ1) is 7.24. The van der Waals surface area contributed by atoms with Gasteiger partial charge in [-0.2, -0.15) is 0 Å². The van der Waals surface area contributed by atoms with E-state index in [4.69, 9.17) is 27.5 Å². The van der Waals surface area contributed by atoms with Crippen molar-refractivity contribution in [1.82, 2.24) is 4.98 Å². The Hall–Kier alpha value is -1.42. The molecule has 5 heteroatoms. The number of anilines is 2. The van der Waals surface area contributed by atoms with Crippen molar-refractivity contribution in [3.05, 3.63) is 17.4 Å². The molecule has 0 saturated carbocycles. The molecule has 0 saturated heterocycles. The first-order chi connectivity index (χ1) is 5.70. The molecule has 2 rings (SSSR count). The van der Waals surface area contributed by atoms with Crippen LogP contribution < -0.4 is 11.5 Å². The minimum absolute atomic E-state index is 0.180. The van der Waals surface area contributed by atoms with Crippen molar-refractivity contribution < 1.29 is 4.42 Å². The Labute approximate surface area is 73.1 Å². The van der Waals surface area contributed by atoms with Gasteiger partial charge in [-0.15, -0.1) is 0 Å². The Morgan fingerprint density at radius 1 is 1.33 bits per heavy atom. The summed E-state index contributed by atoms with van der Waals surface area (Å²) in [6, 6.07) is 0. The number of nitrogens with zero attached hydrogens (tertiary/aromatic N) is 1. The van der Waals surface area contributed by atoms with Crippen LogP contribution in [0.5, 0.6) is 0 Å². The average Bonchev–Trinajstić information content (AvgIpc) is 2.29. The Morgan fingerprint density at radius 2 is 2.08 bits per heavy atom. The lowest BCUT2D eigenvalue weighted by Gasteiger charge is -1.90. The summed E-state index contributed by atoms with van der Waals surface area (Å²) in [6.07, 6.45) is 3.02. The summed E-state index contributed by atoms with van der Waals surface area (Å²) in [4.78, 5) is 3.83. The van der Waals surface area contributed by atoms with Crippen molar-refractivity contribution >= 4 is 34.1 Å². The maximum atomic E-state index is 5.82. The van der Waals surface area contributed by atoms with E-state index in [0.29, 0.717) is 21.7 Å². The molecule has 0 atom stereocenters. The fourth-order valence-electron chi connectivity index (χ4n) is 1.05. The molecule has 0 radical (unpaired) electrons. The Kier molecular flexibility index (Phi) is 1.38. The Balaban J connectivity index is 2.97. The smallest absolute Gasteiger partial charge is 0.215 e. The van der Waals surface area contributed by atoms with E-state index in [9.17, 15) is 0 Å². The van der Waals surface area contributed by atoms with E-state index in [1.54, 1.807) is 0 Å². The quantitative estimate of drug-likeness (QED) is 0.651. The van der Waals surface area contributed by atoms with Gasteiger partial charge in [0.25, 0.3) is 0 Å². The third kappa shape index (κ3) is 0.816. The van der Waals surface area contributed by atoms with E-state index < -0.39 is 0 Å². The van der Waals surface area contributed by atoms with Crippen LogP contribution in [0.25, 0.3) is 11.0 Å². The van der Waals surface area contributed by atoms with Crippen LogP contribution in [0.3, 0.4) is 0 Å². The second kappa shape index (κ2) is 2.28. The normalized spacial score (nSPS) is 10.8. The molecule has 62 valence electrons. The van der Waals surface area contributed by atoms with Crippen LogP contribution in [-0.2, 0) is 0 Å². The van der Waals surface area contributed by atoms with Crippen molar-refractivity contribution in [2.45, 2.75) is 0 Å². The SMILES string of the molecule is Nc1oc2cncc(Cl)c2c1N. The van der Waals surface area contributed by atoms with E-state index in [2.05, 4.69) is 4.98 Å². The van der Waals surface area contributed by atoms with Crippen molar-refractivity contribution in [3.8, 4) is 0 Å². The van der Waals surface area contributed by atoms with E-state index in [-0.39, 0.29) is 5.88 Å². The third-order valence-electron chi connectivity index (χ3n) is 1.62. The summed E-state index contributed by atoms with van der Waals surface area (Å²) >= 11 is 5.82. The first-order valence-electron chi connectivity index (χ1n) is 3.27. The number of rotatable bonds is 0. The molecule has 2 heterocycles. The zero-order valence-electron chi connectivity index (χ0n) is 6.04. The standard InChI is InChI=1S/C7H6ClN3O/c8-3-1-11-2-4-5(3)6(9)7(10)12-4/h1-2H,9-10H2. The zero-order valence-corrected chi connectivity index (χ0v) is 6.80. The largest absolute Gasteiger partial charge is 0.437 e. The highest BCUT2D eigenvalue weighted by Crippen LogP contribution is 2.34. The van der Waals surface area contributed by atoms with Gasteiger partial charge in [-0.1, -0.05) is 11.6 Å². The molecule has 0 spiro atoms. The number of hydrogen-bond donors (Lipinski definition) is 2. The summed E-state index contributed by atoms with van der Waals surface area (Å²) in [5.41, 5.74) is 11.9. The van der Waals surface area contributed by atoms with Gasteiger partial charge in [-0.25, -0.2) is 0 Å². The molecule has 4 N–H and O–H groups in total. The van der Waals surface area contributed by atoms with Crippen LogP contribution >= 0.6 is 11.6 Å². The van der Waals surface area contributed by atoms with Gasteiger partial charge in [0.05, 0.1) is 16.6 Å². The predicted molar refractivity (Wildman–Crippen MR) is 47.8 cm³/mol. The van der Waals surface area contributed by atoms with Crippen LogP contribution in [0.2, 0.25) is 5.02 Å². The highest BCUT2D eigenvalue weighted by Gasteiger charge is 2.11. The molecule has 0 bridgehead atoms. The molecule has 0 aliphatic heterocycles. The van der Waals surface area contributed by atoms with Crippen LogP contribution in [-0.4, -0.2) is 4.98 Å². The summed E-state index contributed by atoms with van der Waals surface area (Å²) in [6.45, 7) is 0. The number of nitrogen functional groups attached to an aromatic ring is 2. The van der Waals surface area contributed by atoms with Crippen molar-refractivity contribution in [3.63, 3.8) is 0 Å². The van der Waals surface area contributed by atoms with Gasteiger partial charge in [0.15, 0.2) is 5.58 Å². The molecule has 2 aromatic heterocycles. The maximum Gasteiger partial charge on any atom is 0.215 e. The Morgan fingerprint density at radius 3 is 2.75 bits per heavy atom. The van der Waals surface area contributed by atoms with Gasteiger partial charge >= 0.3 is 0 Å². The van der Waals surface area contributed by atoms with Gasteiger partial charge in [0.2, 0.25) is 5.88 Å². The summed E-state index contributed by atoms with van der Waals surface area (Å²) < 4.78 is 5.09. The van der Waals surface area contributed by atoms with E-state index in [1.165, 1.54) is 12.4 Å². The molecular formula is C7H6ClN3O. The number of halogens is 1. The van der Waals surface area contributed by atoms with Gasteiger partial charge in [-0.3, -0.25) is 4.98 Å². The topological polar surface area (TPSA) is 78.1 Å². The number of pyridine rings is 1. The second-order valence-corrected chi connectivity index (χ2v) is 2.78. The molecule has 12 heavy (non-hydrogen) atoms. The van der Waals surface area contributed by atoms with Crippen LogP contribution in [0.15, 0.2) is 16.8 Å². The highest BCUT2D eigenvalue weighted by atomic mass is 35.5. The number of hydrogen-bond acceptors (Lipinski definition) is 4. The molecule has 2 aromatic rings. The van der Waals surface area contributed by atoms with Crippen molar-refractivity contribution in [2.24, 2.45) is 0 Å². The number of aromatic nitrogens is 1. The molecule has 0 aliphatic rings. The highest BCUT2D eigenvalue weighted by molar-refractivity contribution is 6.36. The minimum atomic E-state index is 0.180. The lowest BCUT2D eigenvalue weighted by atomic mass is 10.3. The van der Waals surface area contributed by atoms with E-state index in [1.807, 2.05) is 0 Å². The fraction of sp³-hybridized carbons (Fsp3) is 0. The lowest BCUT2D eigenvalue weighted by molar-refractivity contribution is 0.636. The predicted octanol–water partition coefficient (Wildman–Crippen LogP) is 1.65. The second-order valence-electron chi connectivity index (χ2n) is 2.37. The molecule has 0 aromatic carbocycles. The lowest BCUT2D eigenvalue weighted by Crippen LogP contribution is -1.89. The average molecular weight is 184 g/mol.